The van der Waals surface area contributed by atoms with Crippen LogP contribution in [0.4, 0.5) is 0 Å². The number of hydrogen-bond donors (Lipinski definition) is 2. The molecule has 0 aliphatic rings. The molecule has 0 aromatic carbocycles. The summed E-state index contributed by atoms with van der Waals surface area (Å²) < 4.78 is 56.8. The molecule has 0 bridgehead atoms. The van der Waals surface area contributed by atoms with Gasteiger partial charge in [0.15, 0.2) is 5.75 Å². The minimum Gasteiger partial charge on any atom is -0.285 e. The molecule has 0 rings (SSSR count). The summed E-state index contributed by atoms with van der Waals surface area (Å²) in [4.78, 5) is 8.39. The molecule has 0 aliphatic heterocycles. The van der Waals surface area contributed by atoms with Crippen LogP contribution in [0.5, 0.6) is 0 Å². The molecule has 78 valence electrons. The first-order valence-corrected chi connectivity index (χ1v) is 5.70. The average molecular weight is 235 g/mol. The van der Waals surface area contributed by atoms with Crippen LogP contribution in [0.1, 0.15) is 0 Å². The van der Waals surface area contributed by atoms with Gasteiger partial charge in [-0.05, 0) is 0 Å². The van der Waals surface area contributed by atoms with Gasteiger partial charge in [-0.2, -0.15) is 16.8 Å². The number of rotatable bonds is 4. The Morgan fingerprint density at radius 3 is 1.69 bits per heavy atom. The molecule has 0 aromatic rings. The molecule has 9 nitrogen and oxygen atoms in total. The van der Waals surface area contributed by atoms with Crippen molar-refractivity contribution in [2.75, 3.05) is 5.75 Å². The fourth-order valence-corrected chi connectivity index (χ4v) is 2.34. The maximum atomic E-state index is 10.2. The van der Waals surface area contributed by atoms with E-state index in [9.17, 15) is 26.9 Å². The van der Waals surface area contributed by atoms with Crippen LogP contribution in [0.15, 0.2) is 0 Å². The number of nitrogens with zero attached hydrogens (tertiary/aromatic N) is 1. The summed E-state index contributed by atoms with van der Waals surface area (Å²) in [5.74, 6) is -1.68. The van der Waals surface area contributed by atoms with Crippen molar-refractivity contribution in [3.63, 3.8) is 0 Å². The maximum Gasteiger partial charge on any atom is 0.350 e. The first-order valence-electron chi connectivity index (χ1n) is 2.59. The lowest BCUT2D eigenvalue weighted by atomic mass is 10.8. The molecule has 13 heavy (non-hydrogen) atoms. The van der Waals surface area contributed by atoms with E-state index in [4.69, 9.17) is 9.11 Å². The summed E-state index contributed by atoms with van der Waals surface area (Å²) in [6.45, 7) is 0. The Kier molecular flexibility index (Phi) is 3.32. The van der Waals surface area contributed by atoms with E-state index < -0.39 is 36.3 Å². The molecule has 0 spiro atoms. The fourth-order valence-electron chi connectivity index (χ4n) is 0.436. The van der Waals surface area contributed by atoms with Crippen LogP contribution in [0.25, 0.3) is 0 Å². The highest BCUT2D eigenvalue weighted by atomic mass is 32.2. The topological polar surface area (TPSA) is 152 Å². The van der Waals surface area contributed by atoms with E-state index in [0.29, 0.717) is 0 Å². The normalized spacial score (nSPS) is 15.2. The summed E-state index contributed by atoms with van der Waals surface area (Å²) in [5.41, 5.74) is 0. The molecule has 0 saturated heterocycles. The van der Waals surface area contributed by atoms with Gasteiger partial charge in [0.25, 0.3) is 10.1 Å². The predicted molar refractivity (Wildman–Crippen MR) is 38.7 cm³/mol. The van der Waals surface area contributed by atoms with Crippen LogP contribution < -0.4 is 0 Å². The largest absolute Gasteiger partial charge is 0.350 e. The van der Waals surface area contributed by atoms with Crippen LogP contribution in [0.3, 0.4) is 0 Å². The van der Waals surface area contributed by atoms with Gasteiger partial charge < -0.3 is 0 Å². The first-order chi connectivity index (χ1) is 5.54. The van der Waals surface area contributed by atoms with Gasteiger partial charge in [-0.1, -0.05) is 0 Å². The Labute approximate surface area is 73.0 Å². The second kappa shape index (κ2) is 3.53. The molecule has 0 aliphatic carbocycles. The van der Waals surface area contributed by atoms with Gasteiger partial charge in [-0.15, -0.1) is 0 Å². The molecule has 0 saturated carbocycles. The van der Waals surface area contributed by atoms with E-state index in [-0.39, 0.29) is 0 Å². The van der Waals surface area contributed by atoms with Crippen molar-refractivity contribution in [2.24, 2.45) is 0 Å². The third kappa shape index (κ3) is 4.72. The van der Waals surface area contributed by atoms with Crippen molar-refractivity contribution >= 4 is 20.2 Å². The van der Waals surface area contributed by atoms with Crippen molar-refractivity contribution in [2.45, 2.75) is 5.37 Å². The van der Waals surface area contributed by atoms with Gasteiger partial charge in [-0.25, -0.2) is 0 Å². The van der Waals surface area contributed by atoms with Gasteiger partial charge in [0.2, 0.25) is 0 Å². The lowest BCUT2D eigenvalue weighted by Crippen LogP contribution is -2.35. The van der Waals surface area contributed by atoms with E-state index in [0.717, 1.165) is 0 Å². The van der Waals surface area contributed by atoms with Crippen LogP contribution in [0.2, 0.25) is 0 Å². The second-order valence-electron chi connectivity index (χ2n) is 2.00. The SMILES string of the molecule is O=[N+]([O-])C(CS(=O)(=O)O)S(=O)(=O)O. The van der Waals surface area contributed by atoms with Crippen molar-refractivity contribution in [1.29, 1.82) is 0 Å². The van der Waals surface area contributed by atoms with Crippen molar-refractivity contribution in [1.82, 2.24) is 0 Å². The smallest absolute Gasteiger partial charge is 0.285 e. The molecule has 0 fully saturated rings. The summed E-state index contributed by atoms with van der Waals surface area (Å²) in [7, 11) is -9.97. The standard InChI is InChI=1S/C2H5NO8S2/c4-3(5)2(13(9,10)11)1-12(6,7)8/h2H,1H2,(H,6,7,8)(H,9,10,11). The van der Waals surface area contributed by atoms with E-state index in [1.165, 1.54) is 0 Å². The van der Waals surface area contributed by atoms with Crippen LogP contribution in [0, 0.1) is 10.1 Å². The Balaban J connectivity index is 5.00. The first kappa shape index (κ1) is 12.2. The molecule has 0 radical (unpaired) electrons. The van der Waals surface area contributed by atoms with Crippen molar-refractivity contribution in [3.8, 4) is 0 Å². The van der Waals surface area contributed by atoms with Crippen LogP contribution >= 0.6 is 0 Å². The molecule has 0 heterocycles. The molecule has 1 atom stereocenters. The highest BCUT2D eigenvalue weighted by Gasteiger charge is 2.38. The fraction of sp³-hybridized carbons (Fsp3) is 1.00. The summed E-state index contributed by atoms with van der Waals surface area (Å²) in [5, 5.41) is 7.15. The summed E-state index contributed by atoms with van der Waals surface area (Å²) in [6.07, 6.45) is 0. The van der Waals surface area contributed by atoms with E-state index in [1.807, 2.05) is 0 Å². The lowest BCUT2D eigenvalue weighted by Gasteiger charge is -2.02. The Hall–Kier alpha value is -0.780. The zero-order chi connectivity index (χ0) is 10.9. The minimum absolute atomic E-state index is 1.52. The van der Waals surface area contributed by atoms with Crippen LogP contribution in [-0.4, -0.2) is 42.0 Å². The molecule has 11 heteroatoms. The average Bonchev–Trinajstić information content (AvgIpc) is 1.77. The molecular weight excluding hydrogens is 230 g/mol. The molecular formula is C2H5NO8S2. The van der Waals surface area contributed by atoms with E-state index >= 15 is 0 Å². The third-order valence-electron chi connectivity index (χ3n) is 0.932. The quantitative estimate of drug-likeness (QED) is 0.334. The molecule has 0 amide bonds. The third-order valence-corrected chi connectivity index (χ3v) is 2.91. The van der Waals surface area contributed by atoms with Crippen molar-refractivity contribution < 1.29 is 30.9 Å². The summed E-state index contributed by atoms with van der Waals surface area (Å²) in [6, 6.07) is 0. The predicted octanol–water partition coefficient (Wildman–Crippen LogP) is -1.64. The summed E-state index contributed by atoms with van der Waals surface area (Å²) >= 11 is 0. The minimum atomic E-state index is -5.14. The monoisotopic (exact) mass is 235 g/mol. The maximum absolute atomic E-state index is 10.2. The Bertz CT molecular complexity index is 390. The van der Waals surface area contributed by atoms with Gasteiger partial charge >= 0.3 is 15.5 Å². The highest BCUT2D eigenvalue weighted by molar-refractivity contribution is 7.89. The molecule has 1 unspecified atom stereocenters. The lowest BCUT2D eigenvalue weighted by molar-refractivity contribution is -0.492. The molecule has 0 aromatic heterocycles. The van der Waals surface area contributed by atoms with E-state index in [1.54, 1.807) is 0 Å². The number of nitro groups is 1. The Morgan fingerprint density at radius 2 is 1.62 bits per heavy atom. The Morgan fingerprint density at radius 1 is 1.23 bits per heavy atom. The van der Waals surface area contributed by atoms with E-state index in [2.05, 4.69) is 0 Å². The van der Waals surface area contributed by atoms with Gasteiger partial charge in [0.1, 0.15) is 0 Å². The second-order valence-corrected chi connectivity index (χ2v) is 5.07. The molecule has 2 N–H and O–H groups in total. The zero-order valence-corrected chi connectivity index (χ0v) is 7.53. The van der Waals surface area contributed by atoms with Gasteiger partial charge in [-0.3, -0.25) is 19.2 Å². The van der Waals surface area contributed by atoms with Crippen LogP contribution in [-0.2, 0) is 20.2 Å². The highest BCUT2D eigenvalue weighted by Crippen LogP contribution is 2.02. The zero-order valence-electron chi connectivity index (χ0n) is 5.89. The number of hydrogen-bond acceptors (Lipinski definition) is 6. The van der Waals surface area contributed by atoms with Gasteiger partial charge in [0.05, 0.1) is 0 Å². The van der Waals surface area contributed by atoms with Gasteiger partial charge in [0, 0.05) is 4.92 Å². The van der Waals surface area contributed by atoms with Crippen molar-refractivity contribution in [3.05, 3.63) is 10.1 Å².